The minimum Gasteiger partial charge on any atom is -0.442 e. The van der Waals surface area contributed by atoms with Gasteiger partial charge in [0, 0.05) is 4.88 Å². The van der Waals surface area contributed by atoms with Crippen molar-refractivity contribution in [2.24, 2.45) is 4.99 Å². The Kier molecular flexibility index (Phi) is 5.04. The molecule has 1 aliphatic heterocycles. The van der Waals surface area contributed by atoms with E-state index in [9.17, 15) is 13.2 Å². The Balaban J connectivity index is 2.50. The van der Waals surface area contributed by atoms with Gasteiger partial charge in [0.05, 0.1) is 16.3 Å². The molecule has 1 aliphatic rings. The van der Waals surface area contributed by atoms with Crippen molar-refractivity contribution in [2.75, 3.05) is 5.75 Å². The fourth-order valence-electron chi connectivity index (χ4n) is 2.50. The Bertz CT molecular complexity index is 821. The monoisotopic (exact) mass is 406 g/mol. The van der Waals surface area contributed by atoms with Gasteiger partial charge in [0.15, 0.2) is 9.84 Å². The van der Waals surface area contributed by atoms with Crippen molar-refractivity contribution in [3.8, 4) is 0 Å². The molecular weight excluding hydrogens is 384 g/mol. The molecular formula is C16H23ClN2O4S2. The van der Waals surface area contributed by atoms with Crippen LogP contribution >= 0.6 is 22.9 Å². The summed E-state index contributed by atoms with van der Waals surface area (Å²) in [6.07, 6.45) is -0.834. The molecule has 1 aromatic rings. The van der Waals surface area contributed by atoms with Gasteiger partial charge < -0.3 is 10.1 Å². The first-order valence-corrected chi connectivity index (χ1v) is 10.6. The molecule has 1 atom stereocenters. The SMILES string of the molecule is CC(C)(C)OC(=O)/N=C1\N[C@](C)(c2sccc2Cl)CS(=O)(=O)C1(C)C. The second kappa shape index (κ2) is 6.25. The molecule has 0 bridgehead atoms. The van der Waals surface area contributed by atoms with Crippen LogP contribution in [0.25, 0.3) is 0 Å². The van der Waals surface area contributed by atoms with Crippen LogP contribution in [0.1, 0.15) is 46.4 Å². The molecule has 0 radical (unpaired) electrons. The average Bonchev–Trinajstić information content (AvgIpc) is 2.80. The summed E-state index contributed by atoms with van der Waals surface area (Å²) in [5, 5.41) is 5.40. The van der Waals surface area contributed by atoms with Crippen molar-refractivity contribution < 1.29 is 17.9 Å². The number of sulfone groups is 1. The van der Waals surface area contributed by atoms with E-state index in [1.54, 1.807) is 39.1 Å². The molecule has 0 unspecified atom stereocenters. The van der Waals surface area contributed by atoms with Crippen LogP contribution < -0.4 is 5.32 Å². The number of nitrogens with zero attached hydrogens (tertiary/aromatic N) is 1. The van der Waals surface area contributed by atoms with Crippen molar-refractivity contribution in [2.45, 2.75) is 57.4 Å². The lowest BCUT2D eigenvalue weighted by Crippen LogP contribution is -2.64. The number of carbonyl (C=O) groups is 1. The van der Waals surface area contributed by atoms with Crippen LogP contribution in [0, 0.1) is 0 Å². The number of nitrogens with one attached hydrogen (secondary N) is 1. The van der Waals surface area contributed by atoms with E-state index < -0.39 is 31.8 Å². The highest BCUT2D eigenvalue weighted by Gasteiger charge is 2.52. The summed E-state index contributed by atoms with van der Waals surface area (Å²) in [5.41, 5.74) is -1.69. The number of carbonyl (C=O) groups excluding carboxylic acids is 1. The normalized spacial score (nSPS) is 26.9. The second-order valence-electron chi connectivity index (χ2n) is 7.76. The van der Waals surface area contributed by atoms with Crippen molar-refractivity contribution in [1.82, 2.24) is 5.32 Å². The van der Waals surface area contributed by atoms with Crippen LogP contribution in [-0.4, -0.2) is 36.4 Å². The van der Waals surface area contributed by atoms with Crippen LogP contribution in [0.3, 0.4) is 0 Å². The van der Waals surface area contributed by atoms with E-state index >= 15 is 0 Å². The number of amides is 1. The van der Waals surface area contributed by atoms with Gasteiger partial charge in [-0.3, -0.25) is 0 Å². The van der Waals surface area contributed by atoms with Crippen molar-refractivity contribution >= 4 is 44.7 Å². The average molecular weight is 407 g/mol. The van der Waals surface area contributed by atoms with Gasteiger partial charge in [-0.15, -0.1) is 11.3 Å². The van der Waals surface area contributed by atoms with E-state index in [0.29, 0.717) is 9.90 Å². The van der Waals surface area contributed by atoms with E-state index in [2.05, 4.69) is 10.3 Å². The molecule has 0 spiro atoms. The summed E-state index contributed by atoms with van der Waals surface area (Å²) in [6.45, 7) is 9.94. The number of hydrogen-bond donors (Lipinski definition) is 1. The molecule has 1 aromatic heterocycles. The minimum atomic E-state index is -3.60. The van der Waals surface area contributed by atoms with Crippen LogP contribution in [0.5, 0.6) is 0 Å². The molecule has 25 heavy (non-hydrogen) atoms. The number of ether oxygens (including phenoxy) is 1. The Morgan fingerprint density at radius 2 is 1.96 bits per heavy atom. The number of amidine groups is 1. The van der Waals surface area contributed by atoms with Gasteiger partial charge in [-0.25, -0.2) is 13.2 Å². The Labute approximate surface area is 157 Å². The smallest absolute Gasteiger partial charge is 0.435 e. The predicted octanol–water partition coefficient (Wildman–Crippen LogP) is 3.75. The molecule has 1 amide bonds. The van der Waals surface area contributed by atoms with Crippen molar-refractivity contribution in [3.05, 3.63) is 21.3 Å². The van der Waals surface area contributed by atoms with Crippen molar-refractivity contribution in [3.63, 3.8) is 0 Å². The number of halogens is 1. The second-order valence-corrected chi connectivity index (χ2v) is 11.6. The summed E-state index contributed by atoms with van der Waals surface area (Å²) < 4.78 is 29.6. The molecule has 6 nitrogen and oxygen atoms in total. The van der Waals surface area contributed by atoms with Crippen LogP contribution in [-0.2, 0) is 20.1 Å². The van der Waals surface area contributed by atoms with Gasteiger partial charge in [0.25, 0.3) is 0 Å². The topological polar surface area (TPSA) is 84.8 Å². The lowest BCUT2D eigenvalue weighted by molar-refractivity contribution is 0.0602. The fourth-order valence-corrected chi connectivity index (χ4v) is 5.71. The summed E-state index contributed by atoms with van der Waals surface area (Å²) in [5.74, 6) is -0.0967. The summed E-state index contributed by atoms with van der Waals surface area (Å²) >= 11 is 7.57. The molecule has 9 heteroatoms. The van der Waals surface area contributed by atoms with E-state index in [-0.39, 0.29) is 11.6 Å². The Morgan fingerprint density at radius 3 is 2.44 bits per heavy atom. The molecule has 1 N–H and O–H groups in total. The van der Waals surface area contributed by atoms with Crippen LogP contribution in [0.2, 0.25) is 5.02 Å². The lowest BCUT2D eigenvalue weighted by atomic mass is 10.00. The van der Waals surface area contributed by atoms with Gasteiger partial charge in [-0.2, -0.15) is 4.99 Å². The summed E-state index contributed by atoms with van der Waals surface area (Å²) in [4.78, 5) is 16.7. The molecule has 0 aliphatic carbocycles. The zero-order valence-electron chi connectivity index (χ0n) is 15.1. The maximum atomic E-state index is 12.9. The summed E-state index contributed by atoms with van der Waals surface area (Å²) in [6, 6.07) is 1.71. The Morgan fingerprint density at radius 1 is 1.36 bits per heavy atom. The van der Waals surface area contributed by atoms with Gasteiger partial charge in [0.2, 0.25) is 0 Å². The quantitative estimate of drug-likeness (QED) is 0.767. The highest BCUT2D eigenvalue weighted by atomic mass is 35.5. The van der Waals surface area contributed by atoms with Crippen LogP contribution in [0.15, 0.2) is 16.4 Å². The summed E-state index contributed by atoms with van der Waals surface area (Å²) in [7, 11) is -3.60. The van der Waals surface area contributed by atoms with E-state index in [1.165, 1.54) is 25.2 Å². The lowest BCUT2D eigenvalue weighted by Gasteiger charge is -2.43. The molecule has 2 heterocycles. The molecule has 0 saturated carbocycles. The molecule has 2 rings (SSSR count). The van der Waals surface area contributed by atoms with Gasteiger partial charge >= 0.3 is 6.09 Å². The van der Waals surface area contributed by atoms with Gasteiger partial charge in [-0.05, 0) is 53.0 Å². The third kappa shape index (κ3) is 4.01. The molecule has 1 saturated heterocycles. The number of thiophene rings is 1. The standard InChI is InChI=1S/C16H23ClN2O4S2/c1-14(2,3)23-13(20)18-12-15(4,5)25(21,22)9-16(6,19-12)11-10(17)7-8-24-11/h7-8H,9H2,1-6H3,(H,18,19,20)/t16-/m0/s1. The first kappa shape index (κ1) is 20.2. The molecule has 1 fully saturated rings. The third-order valence-electron chi connectivity index (χ3n) is 3.94. The van der Waals surface area contributed by atoms with E-state index in [4.69, 9.17) is 16.3 Å². The molecule has 0 aromatic carbocycles. The first-order valence-electron chi connectivity index (χ1n) is 7.74. The van der Waals surface area contributed by atoms with Gasteiger partial charge in [-0.1, -0.05) is 11.6 Å². The van der Waals surface area contributed by atoms with Gasteiger partial charge in [0.1, 0.15) is 16.2 Å². The molecule has 140 valence electrons. The van der Waals surface area contributed by atoms with Crippen molar-refractivity contribution in [1.29, 1.82) is 0 Å². The van der Waals surface area contributed by atoms with Crippen LogP contribution in [0.4, 0.5) is 4.79 Å². The van der Waals surface area contributed by atoms with E-state index in [0.717, 1.165) is 0 Å². The van der Waals surface area contributed by atoms with E-state index in [1.807, 2.05) is 0 Å². The highest BCUT2D eigenvalue weighted by molar-refractivity contribution is 7.93. The Hall–Kier alpha value is -1.12. The maximum absolute atomic E-state index is 12.9. The third-order valence-corrected chi connectivity index (χ3v) is 8.25. The fraction of sp³-hybridized carbons (Fsp3) is 0.625. The number of aliphatic imine (C=N–C) groups is 1. The predicted molar refractivity (Wildman–Crippen MR) is 101 cm³/mol. The largest absolute Gasteiger partial charge is 0.442 e. The number of rotatable bonds is 1. The zero-order valence-corrected chi connectivity index (χ0v) is 17.5. The zero-order chi connectivity index (χ0) is 19.3. The number of hydrogen-bond acceptors (Lipinski definition) is 5. The maximum Gasteiger partial charge on any atom is 0.435 e. The minimum absolute atomic E-state index is 0.0555. The first-order chi connectivity index (χ1) is 11.2. The highest BCUT2D eigenvalue weighted by Crippen LogP contribution is 2.39.